The van der Waals surface area contributed by atoms with Crippen molar-refractivity contribution in [2.45, 2.75) is 117 Å². The van der Waals surface area contributed by atoms with Crippen molar-refractivity contribution in [1.82, 2.24) is 13.9 Å². The van der Waals surface area contributed by atoms with E-state index in [0.717, 1.165) is 69.0 Å². The molecular formula is C71H73N9O8S2. The maximum atomic E-state index is 13.5. The Morgan fingerprint density at radius 2 is 0.911 bits per heavy atom. The number of carbonyl (C=O) groups is 6. The second-order valence-corrected chi connectivity index (χ2v) is 24.5. The van der Waals surface area contributed by atoms with Crippen LogP contribution in [0.1, 0.15) is 146 Å². The normalized spacial score (nSPS) is 18.0. The van der Waals surface area contributed by atoms with Crippen molar-refractivity contribution in [1.29, 1.82) is 0 Å². The second kappa shape index (κ2) is 28.3. The predicted octanol–water partition coefficient (Wildman–Crippen LogP) is 14.8. The Hall–Kier alpha value is -9.59. The Morgan fingerprint density at radius 3 is 1.28 bits per heavy atom. The van der Waals surface area contributed by atoms with Gasteiger partial charge in [0, 0.05) is 85.5 Å². The van der Waals surface area contributed by atoms with Crippen molar-refractivity contribution in [3.05, 3.63) is 226 Å². The molecule has 6 atom stereocenters. The molecule has 0 N–H and O–H groups in total. The number of benzene rings is 6. The van der Waals surface area contributed by atoms with Crippen LogP contribution in [0.25, 0.3) is 0 Å². The number of methoxy groups -OCH3 is 1. The van der Waals surface area contributed by atoms with E-state index in [0.29, 0.717) is 53.0 Å². The fraction of sp³-hybridized carbons (Fsp3) is 0.282. The summed E-state index contributed by atoms with van der Waals surface area (Å²) in [4.78, 5) is 89.4. The molecule has 0 saturated heterocycles. The Labute approximate surface area is 533 Å². The van der Waals surface area contributed by atoms with E-state index in [1.807, 2.05) is 216 Å². The summed E-state index contributed by atoms with van der Waals surface area (Å²) in [5.74, 6) is 1.22. The van der Waals surface area contributed by atoms with Crippen LogP contribution in [-0.2, 0) is 20.8 Å². The molecule has 3 aliphatic rings. The molecule has 9 aromatic rings. The van der Waals surface area contributed by atoms with Crippen LogP contribution < -0.4 is 34.1 Å². The van der Waals surface area contributed by atoms with E-state index in [1.54, 1.807) is 43.7 Å². The van der Waals surface area contributed by atoms with Crippen LogP contribution in [0, 0.1) is 5.92 Å². The fourth-order valence-electron chi connectivity index (χ4n) is 12.7. The largest absolute Gasteiger partial charge is 0.495 e. The lowest BCUT2D eigenvalue weighted by Gasteiger charge is -2.43. The monoisotopic (exact) mass is 1240 g/mol. The number of thiophene rings is 1. The number of fused-ring (bicyclic) bond motifs is 3. The van der Waals surface area contributed by atoms with E-state index in [4.69, 9.17) is 9.26 Å². The molecule has 3 aliphatic heterocycles. The molecular weight excluding hydrogens is 1170 g/mol. The number of hydrogen-bond acceptors (Lipinski definition) is 13. The van der Waals surface area contributed by atoms with Crippen LogP contribution in [0.5, 0.6) is 5.75 Å². The van der Waals surface area contributed by atoms with E-state index < -0.39 is 0 Å². The van der Waals surface area contributed by atoms with Gasteiger partial charge in [0.05, 0.1) is 43.2 Å². The number of aromatic nitrogens is 3. The van der Waals surface area contributed by atoms with Gasteiger partial charge in [-0.15, -0.1) is 11.3 Å². The van der Waals surface area contributed by atoms with Gasteiger partial charge in [-0.05, 0) is 129 Å². The Balaban J connectivity index is 0.000000149. The summed E-state index contributed by atoms with van der Waals surface area (Å²) >= 11 is 2.40. The average Bonchev–Trinajstić information content (AvgIpc) is 1.34. The number of nitrogens with zero attached hydrogens (tertiary/aromatic N) is 9. The minimum absolute atomic E-state index is 0.0205. The van der Waals surface area contributed by atoms with Crippen LogP contribution in [0.2, 0.25) is 0 Å². The standard InChI is InChI=1S/C26H29N3O3.C24H24N2O3S.C21H20N4O2S/c1-17(2)14-21-16-23(27-32-21)26(31)28-18(3)15-25(22-12-8-9-13-24(22)28)29(19(4)30)20-10-6-5-7-11-20;1-16-15-21(26(17(2)27)18-9-5-4-6-10-18)19-11-7-8-12-20(19)25(16)24(28)23-22(29-3)13-14-30-23;1-14-12-20(25(15(2)26)16-8-4-3-5-9-16)17-10-6-7-11-19(17)24(14)21(27)18-13-22-28-23-18/h5-13,16-18,25H,14-15H2,1-4H3;4-14,16,21H,15H2,1-3H3;3-11,13-14,20H,12H2,1-2H3/t18-,25+;16-,21+;14-,20+/m111/s1. The smallest absolute Gasteiger partial charge is 0.280 e. The first kappa shape index (κ1) is 63.4. The Bertz CT molecular complexity index is 3970. The maximum absolute atomic E-state index is 13.5. The number of rotatable bonds is 12. The van der Waals surface area contributed by atoms with E-state index in [9.17, 15) is 28.8 Å². The highest BCUT2D eigenvalue weighted by Crippen LogP contribution is 2.46. The van der Waals surface area contributed by atoms with Gasteiger partial charge in [0.25, 0.3) is 17.7 Å². The van der Waals surface area contributed by atoms with E-state index in [1.165, 1.54) is 17.5 Å². The average molecular weight is 1240 g/mol. The minimum atomic E-state index is -0.184. The summed E-state index contributed by atoms with van der Waals surface area (Å²) in [6, 6.07) is 55.3. The summed E-state index contributed by atoms with van der Waals surface area (Å²) in [5.41, 5.74) is 8.54. The zero-order chi connectivity index (χ0) is 63.8. The highest BCUT2D eigenvalue weighted by molar-refractivity contribution is 7.12. The molecule has 19 heteroatoms. The molecule has 90 heavy (non-hydrogen) atoms. The van der Waals surface area contributed by atoms with Crippen molar-refractivity contribution in [3.63, 3.8) is 0 Å². The molecule has 12 rings (SSSR count). The number of anilines is 6. The third-order valence-electron chi connectivity index (χ3n) is 16.4. The lowest BCUT2D eigenvalue weighted by Crippen LogP contribution is -2.47. The van der Waals surface area contributed by atoms with Gasteiger partial charge in [-0.3, -0.25) is 28.8 Å². The third-order valence-corrected chi connectivity index (χ3v) is 17.8. The van der Waals surface area contributed by atoms with Crippen LogP contribution in [0.4, 0.5) is 34.1 Å². The van der Waals surface area contributed by atoms with Crippen LogP contribution in [0.15, 0.2) is 192 Å². The lowest BCUT2D eigenvalue weighted by atomic mass is 9.89. The molecule has 0 unspecified atom stereocenters. The topological polar surface area (TPSA) is 183 Å². The molecule has 6 heterocycles. The number of hydrogen-bond donors (Lipinski definition) is 0. The third kappa shape index (κ3) is 13.4. The molecule has 0 radical (unpaired) electrons. The molecule has 0 fully saturated rings. The van der Waals surface area contributed by atoms with Gasteiger partial charge >= 0.3 is 0 Å². The minimum Gasteiger partial charge on any atom is -0.495 e. The molecule has 6 aromatic carbocycles. The molecule has 0 bridgehead atoms. The zero-order valence-corrected chi connectivity index (χ0v) is 53.5. The van der Waals surface area contributed by atoms with Crippen molar-refractivity contribution < 1.29 is 38.0 Å². The number of amides is 6. The van der Waals surface area contributed by atoms with Crippen molar-refractivity contribution in [2.24, 2.45) is 5.92 Å². The van der Waals surface area contributed by atoms with Crippen molar-refractivity contribution in [3.8, 4) is 5.75 Å². The molecule has 6 amide bonds. The van der Waals surface area contributed by atoms with Gasteiger partial charge in [0.2, 0.25) is 17.7 Å². The maximum Gasteiger partial charge on any atom is 0.280 e. The van der Waals surface area contributed by atoms with E-state index >= 15 is 0 Å². The summed E-state index contributed by atoms with van der Waals surface area (Å²) < 4.78 is 18.8. The quantitative estimate of drug-likeness (QED) is 0.113. The number of ether oxygens (including phenoxy) is 1. The van der Waals surface area contributed by atoms with Gasteiger partial charge in [-0.1, -0.05) is 128 Å². The molecule has 17 nitrogen and oxygen atoms in total. The molecule has 3 aromatic heterocycles. The van der Waals surface area contributed by atoms with Crippen molar-refractivity contribution >= 4 is 92.6 Å². The van der Waals surface area contributed by atoms with Crippen molar-refractivity contribution in [2.75, 3.05) is 36.5 Å². The van der Waals surface area contributed by atoms with Gasteiger partial charge < -0.3 is 38.7 Å². The fourth-order valence-corrected chi connectivity index (χ4v) is 13.9. The number of para-hydroxylation sites is 6. The molecule has 0 saturated carbocycles. The second-order valence-electron chi connectivity index (χ2n) is 23.1. The summed E-state index contributed by atoms with van der Waals surface area (Å²) in [6.45, 7) is 15.0. The van der Waals surface area contributed by atoms with E-state index in [-0.39, 0.29) is 71.7 Å². The van der Waals surface area contributed by atoms with Gasteiger partial charge in [-0.2, -0.15) is 8.75 Å². The van der Waals surface area contributed by atoms with E-state index in [2.05, 4.69) is 27.8 Å². The van der Waals surface area contributed by atoms with Crippen LogP contribution in [-0.4, -0.2) is 74.6 Å². The summed E-state index contributed by atoms with van der Waals surface area (Å²) in [5, 5.41) is 5.91. The Morgan fingerprint density at radius 1 is 0.533 bits per heavy atom. The SMILES string of the molecule is CC(=O)N(c1ccccc1)[C@H]1C[C@@H](C)N(C(=O)c2cc(CC(C)C)on2)c2ccccc21.CC(=O)N(c1ccccc1)[C@H]1C[C@@H](C)N(C(=O)c2cnsn2)c2ccccc21.COc1ccsc1C(=O)N1c2ccccc2[C@@H](N(C(C)=O)c2ccccc2)C[C@H]1C. The number of carbonyl (C=O) groups excluding carboxylic acids is 6. The predicted molar refractivity (Wildman–Crippen MR) is 355 cm³/mol. The van der Waals surface area contributed by atoms with Gasteiger partial charge in [0.1, 0.15) is 16.4 Å². The molecule has 462 valence electrons. The summed E-state index contributed by atoms with van der Waals surface area (Å²) in [7, 11) is 1.58. The zero-order valence-electron chi connectivity index (χ0n) is 51.9. The first-order valence-electron chi connectivity index (χ1n) is 30.1. The first-order chi connectivity index (χ1) is 43.5. The Kier molecular flexibility index (Phi) is 19.9. The summed E-state index contributed by atoms with van der Waals surface area (Å²) in [6.07, 6.45) is 4.13. The van der Waals surface area contributed by atoms with Crippen LogP contribution >= 0.6 is 23.1 Å². The lowest BCUT2D eigenvalue weighted by molar-refractivity contribution is -0.118. The van der Waals surface area contributed by atoms with Gasteiger partial charge in [-0.25, -0.2) is 0 Å². The highest BCUT2D eigenvalue weighted by atomic mass is 32.1. The molecule has 0 spiro atoms. The van der Waals surface area contributed by atoms with Gasteiger partial charge in [0.15, 0.2) is 11.4 Å². The highest BCUT2D eigenvalue weighted by Gasteiger charge is 2.42. The van der Waals surface area contributed by atoms with Crippen LogP contribution in [0.3, 0.4) is 0 Å². The molecule has 0 aliphatic carbocycles. The first-order valence-corrected chi connectivity index (χ1v) is 31.7.